The van der Waals surface area contributed by atoms with Crippen molar-refractivity contribution in [2.75, 3.05) is 7.11 Å². The fourth-order valence-corrected chi connectivity index (χ4v) is 1.96. The number of aromatic hydroxyl groups is 1. The highest BCUT2D eigenvalue weighted by atomic mass is 16.5. The maximum Gasteiger partial charge on any atom is 0.185 e. The van der Waals surface area contributed by atoms with Crippen molar-refractivity contribution in [1.29, 1.82) is 0 Å². The normalized spacial score (nSPS) is 10.8. The van der Waals surface area contributed by atoms with E-state index >= 15 is 0 Å². The van der Waals surface area contributed by atoms with E-state index < -0.39 is 0 Å². The topological polar surface area (TPSA) is 46.5 Å². The summed E-state index contributed by atoms with van der Waals surface area (Å²) in [6.45, 7) is 4.00. The Morgan fingerprint density at radius 2 is 1.86 bits per heavy atom. The minimum atomic E-state index is -0.0508. The van der Waals surface area contributed by atoms with E-state index in [0.717, 1.165) is 11.1 Å². The molecule has 0 bridgehead atoms. The second-order valence-electron chi connectivity index (χ2n) is 4.93. The molecule has 1 N–H and O–H groups in total. The summed E-state index contributed by atoms with van der Waals surface area (Å²) < 4.78 is 5.04. The van der Waals surface area contributed by atoms with E-state index in [4.69, 9.17) is 4.74 Å². The van der Waals surface area contributed by atoms with E-state index in [9.17, 15) is 9.90 Å². The van der Waals surface area contributed by atoms with Crippen LogP contribution in [0.4, 0.5) is 0 Å². The van der Waals surface area contributed by atoms with E-state index in [0.29, 0.717) is 11.3 Å². The van der Waals surface area contributed by atoms with Crippen LogP contribution in [0.25, 0.3) is 6.08 Å². The number of ketones is 1. The standard InChI is InChI=1S/C18H18O3/c1-12-4-7-15(10-13(12)2)16(19)8-5-14-6-9-17(20)18(11-14)21-3/h4-11,20H,1-3H3. The van der Waals surface area contributed by atoms with Gasteiger partial charge >= 0.3 is 0 Å². The van der Waals surface area contributed by atoms with E-state index in [-0.39, 0.29) is 11.5 Å². The van der Waals surface area contributed by atoms with E-state index in [1.54, 1.807) is 24.3 Å². The first-order chi connectivity index (χ1) is 10.0. The van der Waals surface area contributed by atoms with Crippen LogP contribution in [0.1, 0.15) is 27.0 Å². The van der Waals surface area contributed by atoms with Gasteiger partial charge < -0.3 is 9.84 Å². The van der Waals surface area contributed by atoms with Crippen LogP contribution in [-0.4, -0.2) is 18.0 Å². The molecule has 2 aromatic carbocycles. The van der Waals surface area contributed by atoms with Crippen LogP contribution in [0.15, 0.2) is 42.5 Å². The highest BCUT2D eigenvalue weighted by Gasteiger charge is 2.04. The summed E-state index contributed by atoms with van der Waals surface area (Å²) in [5, 5.41) is 9.53. The Labute approximate surface area is 124 Å². The van der Waals surface area contributed by atoms with Crippen molar-refractivity contribution < 1.29 is 14.6 Å². The first-order valence-electron chi connectivity index (χ1n) is 6.68. The zero-order valence-corrected chi connectivity index (χ0v) is 12.4. The van der Waals surface area contributed by atoms with Crippen LogP contribution in [0.3, 0.4) is 0 Å². The third-order valence-corrected chi connectivity index (χ3v) is 3.42. The predicted octanol–water partition coefficient (Wildman–Crippen LogP) is 3.91. The molecule has 3 nitrogen and oxygen atoms in total. The molecule has 0 saturated heterocycles. The highest BCUT2D eigenvalue weighted by molar-refractivity contribution is 6.07. The molecule has 0 unspecified atom stereocenters. The van der Waals surface area contributed by atoms with Crippen LogP contribution in [-0.2, 0) is 0 Å². The number of hydrogen-bond acceptors (Lipinski definition) is 3. The Hall–Kier alpha value is -2.55. The highest BCUT2D eigenvalue weighted by Crippen LogP contribution is 2.26. The van der Waals surface area contributed by atoms with Gasteiger partial charge in [0.1, 0.15) is 0 Å². The summed E-state index contributed by atoms with van der Waals surface area (Å²) in [5.41, 5.74) is 3.72. The smallest absolute Gasteiger partial charge is 0.185 e. The summed E-state index contributed by atoms with van der Waals surface area (Å²) in [4.78, 5) is 12.1. The van der Waals surface area contributed by atoms with Gasteiger partial charge in [0, 0.05) is 5.56 Å². The average molecular weight is 282 g/mol. The summed E-state index contributed by atoms with van der Waals surface area (Å²) >= 11 is 0. The van der Waals surface area contributed by atoms with Gasteiger partial charge in [-0.3, -0.25) is 4.79 Å². The molecule has 0 radical (unpaired) electrons. The van der Waals surface area contributed by atoms with Gasteiger partial charge in [0.25, 0.3) is 0 Å². The molecule has 0 spiro atoms. The summed E-state index contributed by atoms with van der Waals surface area (Å²) in [5.74, 6) is 0.413. The number of carbonyl (C=O) groups is 1. The van der Waals surface area contributed by atoms with Gasteiger partial charge in [0.05, 0.1) is 7.11 Å². The molecule has 0 fully saturated rings. The third kappa shape index (κ3) is 3.51. The monoisotopic (exact) mass is 282 g/mol. The SMILES string of the molecule is COc1cc(C=CC(=O)c2ccc(C)c(C)c2)ccc1O. The minimum absolute atomic E-state index is 0.0508. The van der Waals surface area contributed by atoms with Gasteiger partial charge in [-0.1, -0.05) is 24.3 Å². The van der Waals surface area contributed by atoms with E-state index in [2.05, 4.69) is 0 Å². The van der Waals surface area contributed by atoms with Gasteiger partial charge in [-0.05, 0) is 54.8 Å². The molecule has 3 heteroatoms. The fraction of sp³-hybridized carbons (Fsp3) is 0.167. The van der Waals surface area contributed by atoms with Crippen molar-refractivity contribution in [2.45, 2.75) is 13.8 Å². The Morgan fingerprint density at radius 3 is 2.52 bits per heavy atom. The summed E-state index contributed by atoms with van der Waals surface area (Å²) in [7, 11) is 1.49. The second kappa shape index (κ2) is 6.27. The zero-order chi connectivity index (χ0) is 15.4. The van der Waals surface area contributed by atoms with Crippen molar-refractivity contribution in [2.24, 2.45) is 0 Å². The molecule has 0 atom stereocenters. The van der Waals surface area contributed by atoms with Crippen molar-refractivity contribution >= 4 is 11.9 Å². The van der Waals surface area contributed by atoms with Crippen LogP contribution in [0.5, 0.6) is 11.5 Å². The average Bonchev–Trinajstić information content (AvgIpc) is 2.48. The van der Waals surface area contributed by atoms with Crippen molar-refractivity contribution in [3.05, 3.63) is 64.7 Å². The molecular weight excluding hydrogens is 264 g/mol. The molecule has 0 aliphatic carbocycles. The quantitative estimate of drug-likeness (QED) is 0.683. The lowest BCUT2D eigenvalue weighted by Crippen LogP contribution is -1.95. The first kappa shape index (κ1) is 14.9. The van der Waals surface area contributed by atoms with Gasteiger partial charge in [0.15, 0.2) is 17.3 Å². The van der Waals surface area contributed by atoms with Gasteiger partial charge in [0.2, 0.25) is 0 Å². The molecule has 0 aliphatic rings. The molecule has 0 aromatic heterocycles. The molecule has 2 aromatic rings. The first-order valence-corrected chi connectivity index (χ1v) is 6.68. The Kier molecular flexibility index (Phi) is 4.43. The maximum atomic E-state index is 12.1. The zero-order valence-electron chi connectivity index (χ0n) is 12.4. The van der Waals surface area contributed by atoms with Crippen molar-refractivity contribution in [3.63, 3.8) is 0 Å². The number of ether oxygens (including phenoxy) is 1. The predicted molar refractivity (Wildman–Crippen MR) is 83.9 cm³/mol. The second-order valence-corrected chi connectivity index (χ2v) is 4.93. The lowest BCUT2D eigenvalue weighted by Gasteiger charge is -2.04. The van der Waals surface area contributed by atoms with Crippen LogP contribution >= 0.6 is 0 Å². The number of carbonyl (C=O) groups excluding carboxylic acids is 1. The lowest BCUT2D eigenvalue weighted by atomic mass is 10.0. The summed E-state index contributed by atoms with van der Waals surface area (Å²) in [6.07, 6.45) is 3.23. The van der Waals surface area contributed by atoms with E-state index in [1.165, 1.54) is 18.7 Å². The molecule has 0 amide bonds. The van der Waals surface area contributed by atoms with Crippen LogP contribution in [0.2, 0.25) is 0 Å². The number of methoxy groups -OCH3 is 1. The maximum absolute atomic E-state index is 12.1. The number of phenolic OH excluding ortho intramolecular Hbond substituents is 1. The Morgan fingerprint density at radius 1 is 1.10 bits per heavy atom. The van der Waals surface area contributed by atoms with Gasteiger partial charge in [-0.2, -0.15) is 0 Å². The number of aryl methyl sites for hydroxylation is 2. The molecule has 0 heterocycles. The molecule has 108 valence electrons. The van der Waals surface area contributed by atoms with Crippen LogP contribution < -0.4 is 4.74 Å². The van der Waals surface area contributed by atoms with Crippen molar-refractivity contribution in [1.82, 2.24) is 0 Å². The van der Waals surface area contributed by atoms with Gasteiger partial charge in [-0.25, -0.2) is 0 Å². The summed E-state index contributed by atoms with van der Waals surface area (Å²) in [6, 6.07) is 10.6. The van der Waals surface area contributed by atoms with Crippen LogP contribution in [0, 0.1) is 13.8 Å². The number of rotatable bonds is 4. The third-order valence-electron chi connectivity index (χ3n) is 3.42. The Balaban J connectivity index is 2.20. The van der Waals surface area contributed by atoms with Gasteiger partial charge in [-0.15, -0.1) is 0 Å². The Bertz CT molecular complexity index is 700. The molecule has 0 aliphatic heterocycles. The lowest BCUT2D eigenvalue weighted by molar-refractivity contribution is 0.104. The van der Waals surface area contributed by atoms with Crippen molar-refractivity contribution in [3.8, 4) is 11.5 Å². The van der Waals surface area contributed by atoms with E-state index in [1.807, 2.05) is 32.0 Å². The number of benzene rings is 2. The number of hydrogen-bond donors (Lipinski definition) is 1. The molecule has 2 rings (SSSR count). The minimum Gasteiger partial charge on any atom is -0.504 e. The molecule has 0 saturated carbocycles. The number of phenols is 1. The largest absolute Gasteiger partial charge is 0.504 e. The fourth-order valence-electron chi connectivity index (χ4n) is 1.96. The molecular formula is C18H18O3. The number of allylic oxidation sites excluding steroid dienone is 1. The molecule has 21 heavy (non-hydrogen) atoms.